The average molecular weight is 348 g/mol. The molecule has 106 valence electrons. The van der Waals surface area contributed by atoms with Crippen LogP contribution in [0.4, 0.5) is 0 Å². The van der Waals surface area contributed by atoms with E-state index in [1.165, 1.54) is 0 Å². The van der Waals surface area contributed by atoms with E-state index in [0.29, 0.717) is 18.0 Å². The summed E-state index contributed by atoms with van der Waals surface area (Å²) in [6, 6.07) is 6.73. The summed E-state index contributed by atoms with van der Waals surface area (Å²) in [5.41, 5.74) is 0.106. The van der Waals surface area contributed by atoms with Crippen LogP contribution in [0.3, 0.4) is 0 Å². The van der Waals surface area contributed by atoms with Crippen molar-refractivity contribution in [1.82, 2.24) is 4.72 Å². The number of nitrogens with one attached hydrogen (secondary N) is 1. The zero-order valence-electron chi connectivity index (χ0n) is 10.9. The second-order valence-corrected chi connectivity index (χ2v) is 7.71. The Morgan fingerprint density at radius 3 is 2.74 bits per heavy atom. The van der Waals surface area contributed by atoms with Crippen LogP contribution in [-0.4, -0.2) is 28.7 Å². The first-order valence-corrected chi connectivity index (χ1v) is 8.49. The van der Waals surface area contributed by atoms with Gasteiger partial charge in [-0.2, -0.15) is 0 Å². The van der Waals surface area contributed by atoms with E-state index in [4.69, 9.17) is 4.74 Å². The molecule has 6 heteroatoms. The molecule has 1 aromatic carbocycles. The SMILES string of the molecule is COCCC1(CNS(=O)(=O)c2cccc(Br)c2)CC1. The molecule has 1 aliphatic rings. The highest BCUT2D eigenvalue weighted by Gasteiger charge is 2.42. The molecular formula is C13H18BrNO3S. The first-order chi connectivity index (χ1) is 8.97. The van der Waals surface area contributed by atoms with Gasteiger partial charge in [0.05, 0.1) is 4.90 Å². The normalized spacial score (nSPS) is 17.4. The van der Waals surface area contributed by atoms with Gasteiger partial charge in [-0.05, 0) is 42.9 Å². The second-order valence-electron chi connectivity index (χ2n) is 5.02. The first kappa shape index (κ1) is 15.0. The predicted molar refractivity (Wildman–Crippen MR) is 77.5 cm³/mol. The third-order valence-electron chi connectivity index (χ3n) is 3.54. The number of hydrogen-bond acceptors (Lipinski definition) is 3. The molecule has 4 nitrogen and oxygen atoms in total. The fraction of sp³-hybridized carbons (Fsp3) is 0.538. The van der Waals surface area contributed by atoms with E-state index < -0.39 is 10.0 Å². The molecule has 0 aromatic heterocycles. The van der Waals surface area contributed by atoms with Gasteiger partial charge < -0.3 is 4.74 Å². The van der Waals surface area contributed by atoms with Gasteiger partial charge in [0.25, 0.3) is 0 Å². The lowest BCUT2D eigenvalue weighted by Crippen LogP contribution is -2.30. The number of benzene rings is 1. The molecule has 1 fully saturated rings. The number of hydrogen-bond donors (Lipinski definition) is 1. The van der Waals surface area contributed by atoms with Crippen molar-refractivity contribution in [3.8, 4) is 0 Å². The molecule has 0 amide bonds. The van der Waals surface area contributed by atoms with Crippen LogP contribution in [0.15, 0.2) is 33.6 Å². The van der Waals surface area contributed by atoms with E-state index in [9.17, 15) is 8.42 Å². The average Bonchev–Trinajstić information content (AvgIpc) is 3.15. The van der Waals surface area contributed by atoms with E-state index in [2.05, 4.69) is 20.7 Å². The lowest BCUT2D eigenvalue weighted by Gasteiger charge is -2.15. The molecule has 0 atom stereocenters. The largest absolute Gasteiger partial charge is 0.385 e. The van der Waals surface area contributed by atoms with Crippen LogP contribution in [0.2, 0.25) is 0 Å². The quantitative estimate of drug-likeness (QED) is 0.824. The lowest BCUT2D eigenvalue weighted by molar-refractivity contribution is 0.173. The summed E-state index contributed by atoms with van der Waals surface area (Å²) in [6.07, 6.45) is 3.04. The Hall–Kier alpha value is -0.430. The number of methoxy groups -OCH3 is 1. The maximum Gasteiger partial charge on any atom is 0.240 e. The molecule has 1 aliphatic carbocycles. The number of ether oxygens (including phenoxy) is 1. The minimum atomic E-state index is -3.42. The Labute approximate surface area is 122 Å². The summed E-state index contributed by atoms with van der Waals surface area (Å²) in [5, 5.41) is 0. The van der Waals surface area contributed by atoms with Gasteiger partial charge in [0.2, 0.25) is 10.0 Å². The summed E-state index contributed by atoms with van der Waals surface area (Å²) in [6.45, 7) is 1.17. The van der Waals surface area contributed by atoms with Gasteiger partial charge in [0.15, 0.2) is 0 Å². The summed E-state index contributed by atoms with van der Waals surface area (Å²) < 4.78 is 32.9. The van der Waals surface area contributed by atoms with Crippen molar-refractivity contribution in [2.75, 3.05) is 20.3 Å². The van der Waals surface area contributed by atoms with Crippen LogP contribution < -0.4 is 4.72 Å². The molecule has 1 saturated carbocycles. The van der Waals surface area contributed by atoms with Gasteiger partial charge >= 0.3 is 0 Å². The zero-order chi connectivity index (χ0) is 13.9. The van der Waals surface area contributed by atoms with E-state index in [1.807, 2.05) is 0 Å². The highest BCUT2D eigenvalue weighted by Crippen LogP contribution is 2.48. The maximum absolute atomic E-state index is 12.2. The van der Waals surface area contributed by atoms with E-state index in [1.54, 1.807) is 31.4 Å². The van der Waals surface area contributed by atoms with Crippen LogP contribution in [0, 0.1) is 5.41 Å². The van der Waals surface area contributed by atoms with Crippen molar-refractivity contribution in [2.45, 2.75) is 24.2 Å². The third kappa shape index (κ3) is 4.02. The van der Waals surface area contributed by atoms with Gasteiger partial charge in [0, 0.05) is 24.7 Å². The van der Waals surface area contributed by atoms with Crippen molar-refractivity contribution in [1.29, 1.82) is 0 Å². The highest BCUT2D eigenvalue weighted by molar-refractivity contribution is 9.10. The summed E-state index contributed by atoms with van der Waals surface area (Å²) in [4.78, 5) is 0.296. The number of sulfonamides is 1. The Balaban J connectivity index is 1.99. The molecule has 19 heavy (non-hydrogen) atoms. The van der Waals surface area contributed by atoms with Gasteiger partial charge in [-0.1, -0.05) is 22.0 Å². The minimum Gasteiger partial charge on any atom is -0.385 e. The van der Waals surface area contributed by atoms with Crippen LogP contribution in [0.5, 0.6) is 0 Å². The predicted octanol–water partition coefficient (Wildman–Crippen LogP) is 2.54. The third-order valence-corrected chi connectivity index (χ3v) is 5.43. The second kappa shape index (κ2) is 5.91. The summed E-state index contributed by atoms with van der Waals surface area (Å²) >= 11 is 3.28. The first-order valence-electron chi connectivity index (χ1n) is 6.22. The van der Waals surface area contributed by atoms with Crippen LogP contribution >= 0.6 is 15.9 Å². The van der Waals surface area contributed by atoms with Crippen molar-refractivity contribution >= 4 is 26.0 Å². The minimum absolute atomic E-state index is 0.106. The Kier molecular flexibility index (Phi) is 4.66. The fourth-order valence-electron chi connectivity index (χ4n) is 1.98. The van der Waals surface area contributed by atoms with Gasteiger partial charge in [0.1, 0.15) is 0 Å². The number of halogens is 1. The Bertz CT molecular complexity index is 541. The monoisotopic (exact) mass is 347 g/mol. The molecular weight excluding hydrogens is 330 g/mol. The highest BCUT2D eigenvalue weighted by atomic mass is 79.9. The number of rotatable bonds is 7. The topological polar surface area (TPSA) is 55.4 Å². The molecule has 0 unspecified atom stereocenters. The van der Waals surface area contributed by atoms with Crippen LogP contribution in [0.1, 0.15) is 19.3 Å². The van der Waals surface area contributed by atoms with Gasteiger partial charge in [-0.15, -0.1) is 0 Å². The smallest absolute Gasteiger partial charge is 0.240 e. The molecule has 0 spiro atoms. The van der Waals surface area contributed by atoms with Crippen molar-refractivity contribution in [3.05, 3.63) is 28.7 Å². The van der Waals surface area contributed by atoms with Crippen molar-refractivity contribution < 1.29 is 13.2 Å². The Morgan fingerprint density at radius 1 is 1.42 bits per heavy atom. The molecule has 0 saturated heterocycles. The van der Waals surface area contributed by atoms with E-state index >= 15 is 0 Å². The van der Waals surface area contributed by atoms with Gasteiger partial charge in [-0.25, -0.2) is 13.1 Å². The fourth-order valence-corrected chi connectivity index (χ4v) is 3.73. The summed E-state index contributed by atoms with van der Waals surface area (Å²) in [5.74, 6) is 0. The molecule has 1 aromatic rings. The van der Waals surface area contributed by atoms with Crippen LogP contribution in [0.25, 0.3) is 0 Å². The molecule has 2 rings (SSSR count). The van der Waals surface area contributed by atoms with Crippen molar-refractivity contribution in [3.63, 3.8) is 0 Å². The standard InChI is InChI=1S/C13H18BrNO3S/c1-18-8-7-13(5-6-13)10-15-19(16,17)12-4-2-3-11(14)9-12/h2-4,9,15H,5-8,10H2,1H3. The zero-order valence-corrected chi connectivity index (χ0v) is 13.3. The Morgan fingerprint density at radius 2 is 2.16 bits per heavy atom. The van der Waals surface area contributed by atoms with E-state index in [-0.39, 0.29) is 5.41 Å². The molecule has 0 radical (unpaired) electrons. The van der Waals surface area contributed by atoms with Crippen molar-refractivity contribution in [2.24, 2.45) is 5.41 Å². The van der Waals surface area contributed by atoms with E-state index in [0.717, 1.165) is 23.7 Å². The van der Waals surface area contributed by atoms with Gasteiger partial charge in [-0.3, -0.25) is 0 Å². The molecule has 1 N–H and O–H groups in total. The molecule has 0 aliphatic heterocycles. The summed E-state index contributed by atoms with van der Waals surface area (Å²) in [7, 11) is -1.75. The maximum atomic E-state index is 12.2. The van der Waals surface area contributed by atoms with Crippen LogP contribution in [-0.2, 0) is 14.8 Å². The molecule has 0 bridgehead atoms. The lowest BCUT2D eigenvalue weighted by atomic mass is 10.0. The molecule has 0 heterocycles.